The zero-order chi connectivity index (χ0) is 10.2. The first kappa shape index (κ1) is 11.5. The summed E-state index contributed by atoms with van der Waals surface area (Å²) in [6.45, 7) is 4.92. The van der Waals surface area contributed by atoms with Gasteiger partial charge in [-0.15, -0.1) is 0 Å². The van der Waals surface area contributed by atoms with E-state index >= 15 is 0 Å². The van der Waals surface area contributed by atoms with Crippen LogP contribution in [0.5, 0.6) is 5.75 Å². The molecule has 0 atom stereocenters. The van der Waals surface area contributed by atoms with Crippen LogP contribution in [-0.4, -0.2) is 19.7 Å². The molecule has 1 N–H and O–H groups in total. The van der Waals surface area contributed by atoms with Crippen molar-refractivity contribution in [2.45, 2.75) is 13.3 Å². The highest BCUT2D eigenvalue weighted by atomic mass is 79.9. The summed E-state index contributed by atoms with van der Waals surface area (Å²) in [5.41, 5.74) is 0. The molecule has 0 saturated heterocycles. The zero-order valence-corrected chi connectivity index (χ0v) is 10.0. The van der Waals surface area contributed by atoms with Gasteiger partial charge >= 0.3 is 0 Å². The van der Waals surface area contributed by atoms with E-state index in [0.717, 1.165) is 36.3 Å². The number of ether oxygens (including phenoxy) is 1. The van der Waals surface area contributed by atoms with Crippen LogP contribution in [0.3, 0.4) is 0 Å². The maximum Gasteiger partial charge on any atom is 0.120 e. The largest absolute Gasteiger partial charge is 0.494 e. The minimum Gasteiger partial charge on any atom is -0.494 e. The molecule has 1 aromatic rings. The van der Waals surface area contributed by atoms with Crippen LogP contribution < -0.4 is 10.1 Å². The molecule has 0 radical (unpaired) electrons. The van der Waals surface area contributed by atoms with Gasteiger partial charge in [-0.05, 0) is 37.7 Å². The molecule has 0 amide bonds. The Hall–Kier alpha value is -0.540. The second-order valence-corrected chi connectivity index (χ2v) is 3.93. The van der Waals surface area contributed by atoms with Gasteiger partial charge in [0.15, 0.2) is 0 Å². The second-order valence-electron chi connectivity index (χ2n) is 3.01. The Labute approximate surface area is 93.8 Å². The molecular formula is C11H16BrNO. The molecular weight excluding hydrogens is 242 g/mol. The van der Waals surface area contributed by atoms with Crippen LogP contribution in [0.15, 0.2) is 28.7 Å². The van der Waals surface area contributed by atoms with Crippen LogP contribution in [0.25, 0.3) is 0 Å². The first-order valence-corrected chi connectivity index (χ1v) is 5.71. The lowest BCUT2D eigenvalue weighted by Gasteiger charge is -2.06. The fourth-order valence-corrected chi connectivity index (χ4v) is 1.50. The highest BCUT2D eigenvalue weighted by Gasteiger charge is 1.93. The average molecular weight is 258 g/mol. The van der Waals surface area contributed by atoms with E-state index in [1.165, 1.54) is 0 Å². The van der Waals surface area contributed by atoms with Crippen molar-refractivity contribution < 1.29 is 4.74 Å². The molecule has 3 heteroatoms. The minimum absolute atomic E-state index is 0.767. The van der Waals surface area contributed by atoms with E-state index in [1.54, 1.807) is 0 Å². The molecule has 14 heavy (non-hydrogen) atoms. The van der Waals surface area contributed by atoms with Crippen molar-refractivity contribution >= 4 is 15.9 Å². The Kier molecular flexibility index (Phi) is 5.64. The number of benzene rings is 1. The molecule has 0 aliphatic heterocycles. The molecule has 1 aromatic carbocycles. The Morgan fingerprint density at radius 1 is 1.43 bits per heavy atom. The Morgan fingerprint density at radius 3 is 3.00 bits per heavy atom. The van der Waals surface area contributed by atoms with E-state index in [2.05, 4.69) is 28.2 Å². The Bertz CT molecular complexity index is 265. The number of nitrogens with one attached hydrogen (secondary N) is 1. The molecule has 1 rings (SSSR count). The summed E-state index contributed by atoms with van der Waals surface area (Å²) in [6.07, 6.45) is 1.04. The van der Waals surface area contributed by atoms with Crippen LogP contribution >= 0.6 is 15.9 Å². The number of hydrogen-bond acceptors (Lipinski definition) is 2. The maximum atomic E-state index is 5.56. The van der Waals surface area contributed by atoms with E-state index in [0.29, 0.717) is 0 Å². The predicted octanol–water partition coefficient (Wildman–Crippen LogP) is 2.83. The van der Waals surface area contributed by atoms with Gasteiger partial charge in [-0.25, -0.2) is 0 Å². The van der Waals surface area contributed by atoms with Crippen LogP contribution in [0, 0.1) is 0 Å². The molecule has 0 fully saturated rings. The maximum absolute atomic E-state index is 5.56. The fraction of sp³-hybridized carbons (Fsp3) is 0.455. The number of hydrogen-bond donors (Lipinski definition) is 1. The molecule has 0 aromatic heterocycles. The van der Waals surface area contributed by atoms with Crippen molar-refractivity contribution in [3.63, 3.8) is 0 Å². The third-order valence-corrected chi connectivity index (χ3v) is 2.31. The monoisotopic (exact) mass is 257 g/mol. The number of rotatable bonds is 6. The summed E-state index contributed by atoms with van der Waals surface area (Å²) in [6, 6.07) is 7.92. The van der Waals surface area contributed by atoms with Gasteiger partial charge in [0.25, 0.3) is 0 Å². The van der Waals surface area contributed by atoms with E-state index in [4.69, 9.17) is 4.74 Å². The van der Waals surface area contributed by atoms with Gasteiger partial charge in [0.2, 0.25) is 0 Å². The smallest absolute Gasteiger partial charge is 0.120 e. The highest BCUT2D eigenvalue weighted by Crippen LogP contribution is 2.17. The second kappa shape index (κ2) is 6.85. The SMILES string of the molecule is CCNCCCOc1cccc(Br)c1. The molecule has 0 heterocycles. The molecule has 0 aliphatic rings. The van der Waals surface area contributed by atoms with E-state index in [-0.39, 0.29) is 0 Å². The van der Waals surface area contributed by atoms with Crippen molar-refractivity contribution in [1.82, 2.24) is 5.32 Å². The topological polar surface area (TPSA) is 21.3 Å². The van der Waals surface area contributed by atoms with Gasteiger partial charge < -0.3 is 10.1 Å². The van der Waals surface area contributed by atoms with Gasteiger partial charge in [-0.2, -0.15) is 0 Å². The molecule has 2 nitrogen and oxygen atoms in total. The van der Waals surface area contributed by atoms with Crippen LogP contribution in [0.2, 0.25) is 0 Å². The fourth-order valence-electron chi connectivity index (χ4n) is 1.12. The van der Waals surface area contributed by atoms with Crippen LogP contribution in [0.4, 0.5) is 0 Å². The zero-order valence-electron chi connectivity index (χ0n) is 8.42. The summed E-state index contributed by atoms with van der Waals surface area (Å²) in [5.74, 6) is 0.927. The van der Waals surface area contributed by atoms with E-state index in [9.17, 15) is 0 Å². The Balaban J connectivity index is 2.18. The van der Waals surface area contributed by atoms with Crippen molar-refractivity contribution in [1.29, 1.82) is 0 Å². The summed E-state index contributed by atoms with van der Waals surface area (Å²) in [7, 11) is 0. The summed E-state index contributed by atoms with van der Waals surface area (Å²) >= 11 is 3.40. The van der Waals surface area contributed by atoms with Crippen LogP contribution in [-0.2, 0) is 0 Å². The van der Waals surface area contributed by atoms with Gasteiger partial charge in [0.05, 0.1) is 6.61 Å². The van der Waals surface area contributed by atoms with Gasteiger partial charge in [0.1, 0.15) is 5.75 Å². The third kappa shape index (κ3) is 4.63. The minimum atomic E-state index is 0.767. The first-order chi connectivity index (χ1) is 6.83. The molecule has 0 spiro atoms. The molecule has 0 unspecified atom stereocenters. The van der Waals surface area contributed by atoms with Gasteiger partial charge in [0, 0.05) is 4.47 Å². The molecule has 0 bridgehead atoms. The van der Waals surface area contributed by atoms with Crippen molar-refractivity contribution in [2.24, 2.45) is 0 Å². The Morgan fingerprint density at radius 2 is 2.29 bits per heavy atom. The average Bonchev–Trinajstić information content (AvgIpc) is 2.18. The molecule has 0 saturated carbocycles. The predicted molar refractivity (Wildman–Crippen MR) is 62.8 cm³/mol. The van der Waals surface area contributed by atoms with Crippen molar-refractivity contribution in [3.05, 3.63) is 28.7 Å². The van der Waals surface area contributed by atoms with Gasteiger partial charge in [-0.1, -0.05) is 28.9 Å². The first-order valence-electron chi connectivity index (χ1n) is 4.92. The number of halogens is 1. The lowest BCUT2D eigenvalue weighted by molar-refractivity contribution is 0.308. The van der Waals surface area contributed by atoms with E-state index < -0.39 is 0 Å². The standard InChI is InChI=1S/C11H16BrNO/c1-2-13-7-4-8-14-11-6-3-5-10(12)9-11/h3,5-6,9,13H,2,4,7-8H2,1H3. The molecule has 78 valence electrons. The van der Waals surface area contributed by atoms with Gasteiger partial charge in [-0.3, -0.25) is 0 Å². The van der Waals surface area contributed by atoms with Crippen molar-refractivity contribution in [3.8, 4) is 5.75 Å². The quantitative estimate of drug-likeness (QED) is 0.792. The lowest BCUT2D eigenvalue weighted by atomic mass is 10.3. The van der Waals surface area contributed by atoms with Crippen LogP contribution in [0.1, 0.15) is 13.3 Å². The third-order valence-electron chi connectivity index (χ3n) is 1.81. The molecule has 0 aliphatic carbocycles. The summed E-state index contributed by atoms with van der Waals surface area (Å²) in [5, 5.41) is 3.26. The summed E-state index contributed by atoms with van der Waals surface area (Å²) in [4.78, 5) is 0. The highest BCUT2D eigenvalue weighted by molar-refractivity contribution is 9.10. The van der Waals surface area contributed by atoms with Crippen molar-refractivity contribution in [2.75, 3.05) is 19.7 Å². The summed E-state index contributed by atoms with van der Waals surface area (Å²) < 4.78 is 6.62. The lowest BCUT2D eigenvalue weighted by Crippen LogP contribution is -2.16. The normalized spacial score (nSPS) is 10.1. The van der Waals surface area contributed by atoms with E-state index in [1.807, 2.05) is 24.3 Å².